The van der Waals surface area contributed by atoms with Crippen molar-refractivity contribution in [3.63, 3.8) is 0 Å². The van der Waals surface area contributed by atoms with Gasteiger partial charge in [-0.15, -0.1) is 0 Å². The zero-order valence-electron chi connectivity index (χ0n) is 11.0. The van der Waals surface area contributed by atoms with E-state index < -0.39 is 5.97 Å². The summed E-state index contributed by atoms with van der Waals surface area (Å²) in [6.45, 7) is 0.351. The first-order chi connectivity index (χ1) is 9.52. The lowest BCUT2D eigenvalue weighted by Gasteiger charge is -2.18. The molecular formula is C14H17ClN2O3. The van der Waals surface area contributed by atoms with E-state index in [0.29, 0.717) is 18.0 Å². The molecule has 1 aromatic rings. The van der Waals surface area contributed by atoms with E-state index in [0.717, 1.165) is 18.4 Å². The van der Waals surface area contributed by atoms with Crippen LogP contribution in [0.4, 0.5) is 4.79 Å². The third-order valence-corrected chi connectivity index (χ3v) is 3.57. The van der Waals surface area contributed by atoms with Gasteiger partial charge in [-0.1, -0.05) is 23.7 Å². The molecule has 1 aromatic carbocycles. The van der Waals surface area contributed by atoms with E-state index in [-0.39, 0.29) is 18.0 Å². The molecule has 20 heavy (non-hydrogen) atoms. The van der Waals surface area contributed by atoms with E-state index >= 15 is 0 Å². The van der Waals surface area contributed by atoms with Gasteiger partial charge in [0.15, 0.2) is 0 Å². The fraction of sp³-hybridized carbons (Fsp3) is 0.429. The molecule has 2 rings (SSSR count). The monoisotopic (exact) mass is 296 g/mol. The topological polar surface area (TPSA) is 78.4 Å². The summed E-state index contributed by atoms with van der Waals surface area (Å²) in [6.07, 6.45) is 2.25. The molecule has 1 fully saturated rings. The number of hydrogen-bond donors (Lipinski definition) is 3. The Bertz CT molecular complexity index is 515. The van der Waals surface area contributed by atoms with Crippen LogP contribution >= 0.6 is 11.6 Å². The number of carboxylic acids is 1. The summed E-state index contributed by atoms with van der Waals surface area (Å²) >= 11 is 5.96. The number of nitrogens with one attached hydrogen (secondary N) is 2. The van der Waals surface area contributed by atoms with Gasteiger partial charge in [-0.3, -0.25) is 4.79 Å². The molecule has 6 heteroatoms. The summed E-state index contributed by atoms with van der Waals surface area (Å²) in [5.74, 6) is -0.857. The molecule has 1 aliphatic carbocycles. The van der Waals surface area contributed by atoms with Gasteiger partial charge < -0.3 is 15.7 Å². The SMILES string of the molecule is O=C(O)CCCNC(=O)NC1(c2cccc(Cl)c2)CC1. The molecule has 0 spiro atoms. The number of carbonyl (C=O) groups excluding carboxylic acids is 1. The molecule has 0 atom stereocenters. The van der Waals surface area contributed by atoms with E-state index in [1.54, 1.807) is 6.07 Å². The number of benzene rings is 1. The van der Waals surface area contributed by atoms with Crippen molar-refractivity contribution in [2.75, 3.05) is 6.54 Å². The Balaban J connectivity index is 1.83. The number of carboxylic acid groups (broad SMARTS) is 1. The van der Waals surface area contributed by atoms with Crippen molar-refractivity contribution in [2.24, 2.45) is 0 Å². The molecule has 0 unspecified atom stereocenters. The summed E-state index contributed by atoms with van der Waals surface area (Å²) in [7, 11) is 0. The van der Waals surface area contributed by atoms with E-state index in [1.807, 2.05) is 18.2 Å². The van der Waals surface area contributed by atoms with E-state index in [1.165, 1.54) is 0 Å². The quantitative estimate of drug-likeness (QED) is 0.706. The lowest BCUT2D eigenvalue weighted by atomic mass is 10.1. The molecule has 0 aromatic heterocycles. The van der Waals surface area contributed by atoms with Gasteiger partial charge in [-0.05, 0) is 37.0 Å². The average Bonchev–Trinajstić information content (AvgIpc) is 3.15. The predicted octanol–water partition coefficient (Wildman–Crippen LogP) is 2.49. The van der Waals surface area contributed by atoms with Crippen molar-refractivity contribution in [1.82, 2.24) is 10.6 Å². The van der Waals surface area contributed by atoms with E-state index in [4.69, 9.17) is 16.7 Å². The standard InChI is InChI=1S/C14H17ClN2O3/c15-11-4-1-3-10(9-11)14(6-7-14)17-13(20)16-8-2-5-12(18)19/h1,3-4,9H,2,5-8H2,(H,18,19)(H2,16,17,20). The van der Waals surface area contributed by atoms with Gasteiger partial charge in [0.1, 0.15) is 0 Å². The molecule has 0 aliphatic heterocycles. The summed E-state index contributed by atoms with van der Waals surface area (Å²) in [5.41, 5.74) is 0.688. The zero-order valence-corrected chi connectivity index (χ0v) is 11.7. The van der Waals surface area contributed by atoms with Crippen LogP contribution in [0.5, 0.6) is 0 Å². The van der Waals surface area contributed by atoms with Crippen LogP contribution < -0.4 is 10.6 Å². The van der Waals surface area contributed by atoms with Crippen molar-refractivity contribution < 1.29 is 14.7 Å². The van der Waals surface area contributed by atoms with Crippen LogP contribution in [0.3, 0.4) is 0 Å². The van der Waals surface area contributed by atoms with Crippen LogP contribution in [-0.2, 0) is 10.3 Å². The zero-order chi connectivity index (χ0) is 14.6. The Labute approximate surface area is 122 Å². The number of amides is 2. The van der Waals surface area contributed by atoms with E-state index in [9.17, 15) is 9.59 Å². The molecule has 3 N–H and O–H groups in total. The molecule has 1 saturated carbocycles. The fourth-order valence-corrected chi connectivity index (χ4v) is 2.29. The van der Waals surface area contributed by atoms with Gasteiger partial charge in [0.05, 0.1) is 5.54 Å². The minimum atomic E-state index is -0.857. The van der Waals surface area contributed by atoms with Gasteiger partial charge in [-0.25, -0.2) is 4.79 Å². The van der Waals surface area contributed by atoms with Crippen LogP contribution in [0, 0.1) is 0 Å². The van der Waals surface area contributed by atoms with Crippen LogP contribution in [0.15, 0.2) is 24.3 Å². The fourth-order valence-electron chi connectivity index (χ4n) is 2.10. The summed E-state index contributed by atoms with van der Waals surface area (Å²) < 4.78 is 0. The second kappa shape index (κ2) is 6.13. The number of carbonyl (C=O) groups is 2. The molecule has 0 saturated heterocycles. The first-order valence-corrected chi connectivity index (χ1v) is 6.93. The predicted molar refractivity (Wildman–Crippen MR) is 75.8 cm³/mol. The van der Waals surface area contributed by atoms with Crippen molar-refractivity contribution in [3.05, 3.63) is 34.9 Å². The Morgan fingerprint density at radius 3 is 2.70 bits per heavy atom. The number of rotatable bonds is 6. The minimum Gasteiger partial charge on any atom is -0.481 e. The van der Waals surface area contributed by atoms with E-state index in [2.05, 4.69) is 10.6 Å². The number of hydrogen-bond acceptors (Lipinski definition) is 2. The highest BCUT2D eigenvalue weighted by Crippen LogP contribution is 2.45. The first kappa shape index (κ1) is 14.7. The van der Waals surface area contributed by atoms with Crippen molar-refractivity contribution in [1.29, 1.82) is 0 Å². The largest absolute Gasteiger partial charge is 0.481 e. The number of aliphatic carboxylic acids is 1. The Hall–Kier alpha value is -1.75. The molecule has 0 heterocycles. The third kappa shape index (κ3) is 3.87. The number of urea groups is 1. The lowest BCUT2D eigenvalue weighted by molar-refractivity contribution is -0.137. The summed E-state index contributed by atoms with van der Waals surface area (Å²) in [5, 5.41) is 14.8. The van der Waals surface area contributed by atoms with Crippen LogP contribution in [-0.4, -0.2) is 23.7 Å². The van der Waals surface area contributed by atoms with Gasteiger partial charge in [-0.2, -0.15) is 0 Å². The molecule has 5 nitrogen and oxygen atoms in total. The third-order valence-electron chi connectivity index (χ3n) is 3.33. The molecule has 0 radical (unpaired) electrons. The molecule has 1 aliphatic rings. The van der Waals surface area contributed by atoms with Crippen molar-refractivity contribution in [2.45, 2.75) is 31.2 Å². The maximum Gasteiger partial charge on any atom is 0.315 e. The highest BCUT2D eigenvalue weighted by Gasteiger charge is 2.45. The van der Waals surface area contributed by atoms with Crippen LogP contribution in [0.25, 0.3) is 0 Å². The molecular weight excluding hydrogens is 280 g/mol. The number of halogens is 1. The maximum atomic E-state index is 11.8. The lowest BCUT2D eigenvalue weighted by Crippen LogP contribution is -2.42. The second-order valence-electron chi connectivity index (χ2n) is 4.97. The Morgan fingerprint density at radius 1 is 1.35 bits per heavy atom. The Morgan fingerprint density at radius 2 is 2.10 bits per heavy atom. The highest BCUT2D eigenvalue weighted by molar-refractivity contribution is 6.30. The average molecular weight is 297 g/mol. The van der Waals surface area contributed by atoms with Crippen molar-refractivity contribution >= 4 is 23.6 Å². The summed E-state index contributed by atoms with van der Waals surface area (Å²) in [6, 6.07) is 7.20. The van der Waals surface area contributed by atoms with Crippen LogP contribution in [0.2, 0.25) is 5.02 Å². The van der Waals surface area contributed by atoms with Gasteiger partial charge in [0.25, 0.3) is 0 Å². The minimum absolute atomic E-state index is 0.0553. The van der Waals surface area contributed by atoms with Crippen molar-refractivity contribution in [3.8, 4) is 0 Å². The maximum absolute atomic E-state index is 11.8. The first-order valence-electron chi connectivity index (χ1n) is 6.56. The molecule has 108 valence electrons. The highest BCUT2D eigenvalue weighted by atomic mass is 35.5. The van der Waals surface area contributed by atoms with Gasteiger partial charge in [0.2, 0.25) is 0 Å². The second-order valence-corrected chi connectivity index (χ2v) is 5.41. The van der Waals surface area contributed by atoms with Gasteiger partial charge >= 0.3 is 12.0 Å². The molecule has 2 amide bonds. The smallest absolute Gasteiger partial charge is 0.315 e. The molecule has 0 bridgehead atoms. The Kier molecular flexibility index (Phi) is 4.49. The normalized spacial score (nSPS) is 15.4. The van der Waals surface area contributed by atoms with Crippen LogP contribution in [0.1, 0.15) is 31.2 Å². The summed E-state index contributed by atoms with van der Waals surface area (Å²) in [4.78, 5) is 22.2. The van der Waals surface area contributed by atoms with Gasteiger partial charge in [0, 0.05) is 18.0 Å².